The lowest BCUT2D eigenvalue weighted by atomic mass is 9.99. The summed E-state index contributed by atoms with van der Waals surface area (Å²) in [6.07, 6.45) is -0.255. The largest absolute Gasteiger partial charge is 0.360 e. The minimum atomic E-state index is -0.255. The topological polar surface area (TPSA) is 32.3 Å². The van der Waals surface area contributed by atoms with Gasteiger partial charge in [0.05, 0.1) is 5.56 Å². The van der Waals surface area contributed by atoms with Crippen molar-refractivity contribution in [3.05, 3.63) is 108 Å². The van der Waals surface area contributed by atoms with Crippen LogP contribution in [0.25, 0.3) is 10.8 Å². The third kappa shape index (κ3) is 2.64. The van der Waals surface area contributed by atoms with Crippen molar-refractivity contribution in [2.75, 3.05) is 10.2 Å². The Morgan fingerprint density at radius 2 is 1.30 bits per heavy atom. The highest BCUT2D eigenvalue weighted by atomic mass is 16.2. The molecule has 1 atom stereocenters. The van der Waals surface area contributed by atoms with Crippen molar-refractivity contribution in [1.82, 2.24) is 0 Å². The summed E-state index contributed by atoms with van der Waals surface area (Å²) in [6, 6.07) is 32.1. The Kier molecular flexibility index (Phi) is 3.65. The highest BCUT2D eigenvalue weighted by Gasteiger charge is 2.34. The molecular weight excluding hydrogens is 332 g/mol. The number of carbonyl (C=O) groups is 1. The van der Waals surface area contributed by atoms with Crippen molar-refractivity contribution < 1.29 is 4.79 Å². The SMILES string of the molecule is O=C1c2cc3ccccc3cc2NC(c2ccccc2)N1c1ccccc1. The van der Waals surface area contributed by atoms with Gasteiger partial charge >= 0.3 is 0 Å². The molecule has 1 aliphatic heterocycles. The number of nitrogens with zero attached hydrogens (tertiary/aromatic N) is 1. The Hall–Kier alpha value is -3.59. The van der Waals surface area contributed by atoms with E-state index >= 15 is 0 Å². The van der Waals surface area contributed by atoms with Crippen LogP contribution in [-0.4, -0.2) is 5.91 Å². The monoisotopic (exact) mass is 350 g/mol. The summed E-state index contributed by atoms with van der Waals surface area (Å²) in [5, 5.41) is 5.78. The number of benzene rings is 4. The van der Waals surface area contributed by atoms with Gasteiger partial charge in [0, 0.05) is 11.4 Å². The van der Waals surface area contributed by atoms with Crippen molar-refractivity contribution in [3.8, 4) is 0 Å². The molecule has 1 amide bonds. The molecule has 3 nitrogen and oxygen atoms in total. The molecule has 0 aliphatic carbocycles. The van der Waals surface area contributed by atoms with Crippen molar-refractivity contribution in [3.63, 3.8) is 0 Å². The number of para-hydroxylation sites is 1. The number of rotatable bonds is 2. The molecule has 4 aromatic carbocycles. The third-order valence-electron chi connectivity index (χ3n) is 5.04. The van der Waals surface area contributed by atoms with Gasteiger partial charge in [-0.3, -0.25) is 9.69 Å². The maximum Gasteiger partial charge on any atom is 0.262 e. The van der Waals surface area contributed by atoms with Gasteiger partial charge in [-0.15, -0.1) is 0 Å². The van der Waals surface area contributed by atoms with Crippen LogP contribution in [0.5, 0.6) is 0 Å². The second-order valence-electron chi connectivity index (χ2n) is 6.71. The molecule has 4 aromatic rings. The molecule has 1 aliphatic rings. The first-order valence-corrected chi connectivity index (χ1v) is 9.04. The second kappa shape index (κ2) is 6.29. The van der Waals surface area contributed by atoms with Crippen molar-refractivity contribution in [1.29, 1.82) is 0 Å². The highest BCUT2D eigenvalue weighted by molar-refractivity contribution is 6.14. The number of anilines is 2. The molecule has 3 heteroatoms. The molecular formula is C24H18N2O. The Bertz CT molecular complexity index is 1120. The van der Waals surface area contributed by atoms with Crippen LogP contribution in [0.3, 0.4) is 0 Å². The minimum absolute atomic E-state index is 0.00885. The van der Waals surface area contributed by atoms with E-state index in [0.29, 0.717) is 5.56 Å². The van der Waals surface area contributed by atoms with Gasteiger partial charge in [0.1, 0.15) is 6.17 Å². The fraction of sp³-hybridized carbons (Fsp3) is 0.0417. The summed E-state index contributed by atoms with van der Waals surface area (Å²) in [5.74, 6) is 0.00885. The summed E-state index contributed by atoms with van der Waals surface area (Å²) in [5.41, 5.74) is 3.50. The smallest absolute Gasteiger partial charge is 0.262 e. The lowest BCUT2D eigenvalue weighted by molar-refractivity contribution is 0.0975. The Morgan fingerprint density at radius 1 is 0.704 bits per heavy atom. The van der Waals surface area contributed by atoms with Gasteiger partial charge in [-0.25, -0.2) is 0 Å². The highest BCUT2D eigenvalue weighted by Crippen LogP contribution is 2.38. The summed E-state index contributed by atoms with van der Waals surface area (Å²) < 4.78 is 0. The Balaban J connectivity index is 1.71. The van der Waals surface area contributed by atoms with Gasteiger partial charge in [-0.05, 0) is 40.6 Å². The first-order chi connectivity index (χ1) is 13.3. The van der Waals surface area contributed by atoms with Crippen LogP contribution in [0.15, 0.2) is 97.1 Å². The van der Waals surface area contributed by atoms with Crippen molar-refractivity contribution in [2.24, 2.45) is 0 Å². The van der Waals surface area contributed by atoms with E-state index in [1.165, 1.54) is 0 Å². The molecule has 1 heterocycles. The van der Waals surface area contributed by atoms with Crippen molar-refractivity contribution >= 4 is 28.1 Å². The minimum Gasteiger partial charge on any atom is -0.360 e. The normalized spacial score (nSPS) is 16.1. The molecule has 5 rings (SSSR count). The lowest BCUT2D eigenvalue weighted by Crippen LogP contribution is -2.43. The maximum absolute atomic E-state index is 13.5. The van der Waals surface area contributed by atoms with E-state index in [4.69, 9.17) is 0 Å². The summed E-state index contributed by atoms with van der Waals surface area (Å²) >= 11 is 0. The van der Waals surface area contributed by atoms with Crippen LogP contribution in [-0.2, 0) is 0 Å². The van der Waals surface area contributed by atoms with Gasteiger partial charge in [0.25, 0.3) is 5.91 Å². The molecule has 27 heavy (non-hydrogen) atoms. The van der Waals surface area contributed by atoms with E-state index in [9.17, 15) is 4.79 Å². The lowest BCUT2D eigenvalue weighted by Gasteiger charge is -2.38. The maximum atomic E-state index is 13.5. The van der Waals surface area contributed by atoms with Crippen LogP contribution in [0, 0.1) is 0 Å². The summed E-state index contributed by atoms with van der Waals surface area (Å²) in [7, 11) is 0. The van der Waals surface area contributed by atoms with E-state index in [2.05, 4.69) is 17.4 Å². The number of hydrogen-bond acceptors (Lipinski definition) is 2. The van der Waals surface area contributed by atoms with E-state index in [0.717, 1.165) is 27.7 Å². The molecule has 0 bridgehead atoms. The second-order valence-corrected chi connectivity index (χ2v) is 6.71. The van der Waals surface area contributed by atoms with Crippen LogP contribution in [0.1, 0.15) is 22.1 Å². The molecule has 0 aromatic heterocycles. The van der Waals surface area contributed by atoms with Crippen LogP contribution in [0.4, 0.5) is 11.4 Å². The zero-order valence-electron chi connectivity index (χ0n) is 14.7. The van der Waals surface area contributed by atoms with E-state index in [-0.39, 0.29) is 12.1 Å². The molecule has 0 saturated heterocycles. The number of amides is 1. The quantitative estimate of drug-likeness (QED) is 0.509. The number of fused-ring (bicyclic) bond motifs is 2. The van der Waals surface area contributed by atoms with Gasteiger partial charge in [-0.1, -0.05) is 72.8 Å². The Morgan fingerprint density at radius 3 is 2.00 bits per heavy atom. The average molecular weight is 350 g/mol. The van der Waals surface area contributed by atoms with Crippen LogP contribution in [0.2, 0.25) is 0 Å². The number of nitrogens with one attached hydrogen (secondary N) is 1. The first kappa shape index (κ1) is 15.6. The molecule has 1 N–H and O–H groups in total. The van der Waals surface area contributed by atoms with Gasteiger partial charge in [0.2, 0.25) is 0 Å². The van der Waals surface area contributed by atoms with E-state index < -0.39 is 0 Å². The molecule has 1 unspecified atom stereocenters. The van der Waals surface area contributed by atoms with E-state index in [1.807, 2.05) is 89.8 Å². The zero-order valence-corrected chi connectivity index (χ0v) is 14.7. The molecule has 0 fully saturated rings. The standard InChI is InChI=1S/C24H18N2O/c27-24-21-15-18-11-7-8-12-19(18)16-22(21)25-23(17-9-3-1-4-10-17)26(24)20-13-5-2-6-14-20/h1-16,23,25H. The van der Waals surface area contributed by atoms with Crippen LogP contribution < -0.4 is 10.2 Å². The van der Waals surface area contributed by atoms with Crippen molar-refractivity contribution in [2.45, 2.75) is 6.17 Å². The summed E-state index contributed by atoms with van der Waals surface area (Å²) in [6.45, 7) is 0. The Labute approximate surface area is 157 Å². The third-order valence-corrected chi connectivity index (χ3v) is 5.04. The van der Waals surface area contributed by atoms with Crippen LogP contribution >= 0.6 is 0 Å². The molecule has 130 valence electrons. The molecule has 0 spiro atoms. The zero-order chi connectivity index (χ0) is 18.2. The fourth-order valence-corrected chi connectivity index (χ4v) is 3.72. The predicted molar refractivity (Wildman–Crippen MR) is 110 cm³/mol. The molecule has 0 radical (unpaired) electrons. The van der Waals surface area contributed by atoms with Gasteiger partial charge in [0.15, 0.2) is 0 Å². The number of carbonyl (C=O) groups excluding carboxylic acids is 1. The summed E-state index contributed by atoms with van der Waals surface area (Å²) in [4.78, 5) is 15.4. The van der Waals surface area contributed by atoms with Gasteiger partial charge in [-0.2, -0.15) is 0 Å². The molecule has 0 saturated carbocycles. The number of hydrogen-bond donors (Lipinski definition) is 1. The van der Waals surface area contributed by atoms with E-state index in [1.54, 1.807) is 0 Å². The fourth-order valence-electron chi connectivity index (χ4n) is 3.72. The average Bonchev–Trinajstić information content (AvgIpc) is 2.74. The predicted octanol–water partition coefficient (Wildman–Crippen LogP) is 5.61. The van der Waals surface area contributed by atoms with Gasteiger partial charge < -0.3 is 5.32 Å². The first-order valence-electron chi connectivity index (χ1n) is 9.04.